The number of aliphatic hydroxyl groups is 2. The van der Waals surface area contributed by atoms with Crippen LogP contribution in [0.4, 0.5) is 24.5 Å². The lowest BCUT2D eigenvalue weighted by molar-refractivity contribution is -0.385. The summed E-state index contributed by atoms with van der Waals surface area (Å²) in [7, 11) is 0. The fourth-order valence-electron chi connectivity index (χ4n) is 9.81. The molecule has 3 aromatic carbocycles. The van der Waals surface area contributed by atoms with Gasteiger partial charge in [-0.2, -0.15) is 13.2 Å². The van der Waals surface area contributed by atoms with Crippen molar-refractivity contribution in [2.45, 2.75) is 167 Å². The molecule has 0 spiro atoms. The molecule has 10 atom stereocenters. The van der Waals surface area contributed by atoms with Crippen LogP contribution in [0.25, 0.3) is 0 Å². The van der Waals surface area contributed by atoms with Crippen LogP contribution in [0, 0.1) is 26.9 Å². The zero-order valence-corrected chi connectivity index (χ0v) is 60.7. The number of hydrogen-bond acceptors (Lipinski definition) is 22. The number of para-hydroxylation sites is 1. The van der Waals surface area contributed by atoms with E-state index in [4.69, 9.17) is 44.3 Å². The molecule has 40 nitrogen and oxygen atoms in total. The van der Waals surface area contributed by atoms with Crippen LogP contribution in [0.3, 0.4) is 0 Å². The number of hydrogen-bond donors (Lipinski definition) is 22. The van der Waals surface area contributed by atoms with Crippen molar-refractivity contribution in [1.29, 1.82) is 0 Å². The number of rotatable bonds is 40. The number of benzene rings is 3. The van der Waals surface area contributed by atoms with Crippen molar-refractivity contribution in [3.8, 4) is 11.5 Å². The molecule has 0 aliphatic heterocycles. The second-order valence-corrected chi connectivity index (χ2v) is 26.7. The first-order valence-electron chi connectivity index (χ1n) is 33.3. The highest BCUT2D eigenvalue weighted by molar-refractivity contribution is 6.04. The Labute approximate surface area is 621 Å². The summed E-state index contributed by atoms with van der Waals surface area (Å²) in [5.74, 6) is -18.2. The van der Waals surface area contributed by atoms with Crippen molar-refractivity contribution >= 4 is 100 Å². The molecule has 0 saturated carbocycles. The predicted molar refractivity (Wildman–Crippen MR) is 383 cm³/mol. The largest absolute Gasteiger partial charge is 0.508 e. The molecule has 602 valence electrons. The quantitative estimate of drug-likeness (QED) is 0.00644. The fourth-order valence-corrected chi connectivity index (χ4v) is 9.81. The second-order valence-electron chi connectivity index (χ2n) is 26.7. The number of nitrogens with one attached hydrogen (secondary N) is 10. The van der Waals surface area contributed by atoms with Crippen LogP contribution < -0.4 is 87.6 Å². The maximum Gasteiger partial charge on any atom is 0.490 e. The Bertz CT molecular complexity index is 3790. The predicted octanol–water partition coefficient (Wildman–Crippen LogP) is -4.03. The van der Waals surface area contributed by atoms with Crippen LogP contribution in [0.15, 0.2) is 76.7 Å². The Balaban J connectivity index is 0.00000547. The van der Waals surface area contributed by atoms with E-state index in [0.29, 0.717) is 5.56 Å². The minimum absolute atomic E-state index is 0.00956. The Kier molecular flexibility index (Phi) is 36.5. The SMILES string of the molecule is CC(C)C[C@H](NC(=O)[C@H](CCCN=C(N)N)NC(=O)[C@H](CO)NC(=O)[C@H](CO)NC(=O)[C@H](C)NC(=O)[C@@H](NC(=O)[C@@H](NC(=O)c1ccccc1N)C(C)(C)C)C(C)(C)C(N)=O)C(=O)N[C@@H](Cc1ccc(O)c([N+](=O)[O-])c1)C(=O)N[C@@H](Cc1ccc(O)cc1)C(=O)NC(CCCN=C(N)N)C(=O)O.O=C(O)C(F)(F)F. The van der Waals surface area contributed by atoms with Gasteiger partial charge in [-0.3, -0.25) is 72.8 Å². The summed E-state index contributed by atoms with van der Waals surface area (Å²) in [6.07, 6.45) is -6.72. The average Bonchev–Trinajstić information content (AvgIpc) is 0.795. The summed E-state index contributed by atoms with van der Waals surface area (Å²) in [5, 5.41) is 94.3. The van der Waals surface area contributed by atoms with E-state index in [1.165, 1.54) is 56.3 Å². The molecule has 0 aliphatic rings. The number of carboxylic acids is 2. The summed E-state index contributed by atoms with van der Waals surface area (Å²) in [6.45, 7) is 9.20. The number of nitrogens with two attached hydrogens (primary N) is 6. The van der Waals surface area contributed by atoms with E-state index >= 15 is 0 Å². The molecule has 11 amide bonds. The van der Waals surface area contributed by atoms with Gasteiger partial charge in [0.15, 0.2) is 17.7 Å². The molecule has 1 unspecified atom stereocenters. The van der Waals surface area contributed by atoms with E-state index < -0.39 is 196 Å². The summed E-state index contributed by atoms with van der Waals surface area (Å²) in [4.78, 5) is 194. The van der Waals surface area contributed by atoms with E-state index in [2.05, 4.69) is 63.2 Å². The molecule has 0 fully saturated rings. The molecule has 3 rings (SSSR count). The second kappa shape index (κ2) is 42.8. The molecule has 109 heavy (non-hydrogen) atoms. The van der Waals surface area contributed by atoms with Gasteiger partial charge < -0.3 is 118 Å². The van der Waals surface area contributed by atoms with Crippen LogP contribution in [-0.2, 0) is 70.4 Å². The third kappa shape index (κ3) is 31.4. The minimum Gasteiger partial charge on any atom is -0.508 e. The first kappa shape index (κ1) is 92.9. The number of amides is 11. The van der Waals surface area contributed by atoms with Gasteiger partial charge in [0.2, 0.25) is 59.1 Å². The molecule has 0 heterocycles. The van der Waals surface area contributed by atoms with Crippen molar-refractivity contribution in [3.63, 3.8) is 0 Å². The number of phenolic OH excluding ortho intramolecular Hbond substituents is 2. The lowest BCUT2D eigenvalue weighted by Gasteiger charge is -2.36. The Morgan fingerprint density at radius 2 is 0.936 bits per heavy atom. The number of nitrogens with zero attached hydrogens (tertiary/aromatic N) is 3. The standard InChI is InChI=1S/C64H95N19O19.C2HF3O2/c1-31(2)25-40(52(91)78-42(27-34-19-22-46(87)45(28-34)83(101)102)54(93)77-41(26-33-17-20-35(86)21-18-33)53(92)75-39(59(98)99)16-12-24-72-62(69)70)76-51(90)38(15-11-23-71-61(67)68)74-55(94)44(30-85)80-56(95)43(29-84)79-49(88)32(3)73-58(97)48(64(7,8)60(66)100)82-57(96)47(63(4,5)6)81-50(89)36-13-9-10-14-37(36)65;3-2(4,5)1(6)7/h9-10,13-14,17-22,28,31-32,38-44,47-48,84-87H,11-12,15-16,23-27,29-30,65H2,1-8H3,(H2,66,100)(H,73,97)(H,74,94)(H,75,92)(H,76,90)(H,77,93)(H,78,91)(H,79,88)(H,80,95)(H,81,89)(H,82,96)(H,98,99)(H4,67,68,71)(H4,69,70,72);(H,6,7)/t32-,38-,39?,40-,41-,42-,43-,44-,47+,48+;/m0./s1. The number of primary amides is 1. The molecule has 43 heteroatoms. The Hall–Kier alpha value is -12.2. The van der Waals surface area contributed by atoms with Crippen molar-refractivity contribution in [1.82, 2.24) is 53.2 Å². The molecule has 0 aliphatic carbocycles. The van der Waals surface area contributed by atoms with E-state index in [-0.39, 0.29) is 86.1 Å². The summed E-state index contributed by atoms with van der Waals surface area (Å²) in [5.41, 5.74) is 30.2. The smallest absolute Gasteiger partial charge is 0.490 e. The number of guanidine groups is 2. The van der Waals surface area contributed by atoms with Gasteiger partial charge >= 0.3 is 23.8 Å². The van der Waals surface area contributed by atoms with Crippen molar-refractivity contribution in [2.75, 3.05) is 32.0 Å². The van der Waals surface area contributed by atoms with Gasteiger partial charge in [0, 0.05) is 37.7 Å². The molecular formula is C66H96F3N19O21. The van der Waals surface area contributed by atoms with Crippen LogP contribution in [-0.4, -0.2) is 217 Å². The minimum atomic E-state index is -5.08. The van der Waals surface area contributed by atoms with Gasteiger partial charge in [-0.1, -0.05) is 65.0 Å². The first-order chi connectivity index (χ1) is 50.5. The number of carbonyl (C=O) groups is 13. The van der Waals surface area contributed by atoms with E-state index in [1.807, 2.05) is 0 Å². The molecule has 3 aromatic rings. The van der Waals surface area contributed by atoms with Gasteiger partial charge in [-0.05, 0) is 106 Å². The van der Waals surface area contributed by atoms with E-state index in [0.717, 1.165) is 19.1 Å². The van der Waals surface area contributed by atoms with Gasteiger partial charge in [-0.15, -0.1) is 0 Å². The number of carboxylic acid groups (broad SMARTS) is 2. The molecule has 0 saturated heterocycles. The van der Waals surface area contributed by atoms with E-state index in [1.54, 1.807) is 46.8 Å². The van der Waals surface area contributed by atoms with Crippen molar-refractivity contribution < 1.29 is 111 Å². The van der Waals surface area contributed by atoms with Gasteiger partial charge in [0.1, 0.15) is 66.2 Å². The maximum atomic E-state index is 14.7. The fraction of sp³-hybridized carbons (Fsp3) is 0.500. The highest BCUT2D eigenvalue weighted by atomic mass is 19.4. The monoisotopic (exact) mass is 1550 g/mol. The number of aliphatic imine (C=N–C) groups is 2. The maximum absolute atomic E-state index is 14.7. The van der Waals surface area contributed by atoms with E-state index in [9.17, 15) is 106 Å². The number of halogens is 3. The van der Waals surface area contributed by atoms with Gasteiger partial charge in [0.05, 0.1) is 29.1 Å². The van der Waals surface area contributed by atoms with Crippen LogP contribution in [0.5, 0.6) is 11.5 Å². The number of aromatic hydroxyl groups is 2. The first-order valence-corrected chi connectivity index (χ1v) is 33.3. The number of carbonyl (C=O) groups excluding carboxylic acids is 11. The normalized spacial score (nSPS) is 14.0. The lowest BCUT2D eigenvalue weighted by atomic mass is 9.81. The molecular weight excluding hydrogens is 1450 g/mol. The lowest BCUT2D eigenvalue weighted by Crippen LogP contribution is -2.64. The number of nitro benzene ring substituents is 1. The topological polar surface area (TPSA) is 688 Å². The molecule has 0 bridgehead atoms. The Morgan fingerprint density at radius 1 is 0.523 bits per heavy atom. The Morgan fingerprint density at radius 3 is 1.39 bits per heavy atom. The number of aliphatic carboxylic acids is 2. The zero-order chi connectivity index (χ0) is 83.2. The highest BCUT2D eigenvalue weighted by Crippen LogP contribution is 2.28. The zero-order valence-electron chi connectivity index (χ0n) is 60.7. The van der Waals surface area contributed by atoms with Gasteiger partial charge in [0.25, 0.3) is 5.91 Å². The third-order valence-electron chi connectivity index (χ3n) is 15.9. The average molecular weight is 1550 g/mol. The van der Waals surface area contributed by atoms with Gasteiger partial charge in [-0.25, -0.2) is 9.59 Å². The molecule has 28 N–H and O–H groups in total. The number of phenols is 2. The third-order valence-corrected chi connectivity index (χ3v) is 15.9. The number of alkyl halides is 3. The van der Waals surface area contributed by atoms with Crippen molar-refractivity contribution in [2.24, 2.45) is 55.4 Å². The summed E-state index contributed by atoms with van der Waals surface area (Å²) in [6, 6.07) is -2.55. The summed E-state index contributed by atoms with van der Waals surface area (Å²) < 4.78 is 31.7. The number of aliphatic hydroxyl groups excluding tert-OH is 2. The number of nitrogen functional groups attached to an aromatic ring is 1. The van der Waals surface area contributed by atoms with Crippen LogP contribution in [0.2, 0.25) is 0 Å². The number of anilines is 1. The highest BCUT2D eigenvalue weighted by Gasteiger charge is 2.45. The molecule has 0 aromatic heterocycles. The van der Waals surface area contributed by atoms with Crippen LogP contribution in [0.1, 0.15) is 109 Å². The number of nitro groups is 1. The van der Waals surface area contributed by atoms with Crippen LogP contribution >= 0.6 is 0 Å². The van der Waals surface area contributed by atoms with Crippen molar-refractivity contribution in [3.05, 3.63) is 93.5 Å². The summed E-state index contributed by atoms with van der Waals surface area (Å²) >= 11 is 0. The molecule has 0 radical (unpaired) electrons.